The Morgan fingerprint density at radius 3 is 2.68 bits per heavy atom. The molecule has 19 heavy (non-hydrogen) atoms. The number of H-pyrrole nitrogens is 1. The van der Waals surface area contributed by atoms with Gasteiger partial charge in [-0.1, -0.05) is 0 Å². The zero-order chi connectivity index (χ0) is 14.0. The number of rotatable bonds is 4. The number of hydrogen-bond acceptors (Lipinski definition) is 3. The monoisotopic (exact) mass is 279 g/mol. The van der Waals surface area contributed by atoms with E-state index in [4.69, 9.17) is 11.6 Å². The fraction of sp³-hybridized carbons (Fsp3) is 0.231. The zero-order valence-electron chi connectivity index (χ0n) is 10.7. The lowest BCUT2D eigenvalue weighted by molar-refractivity contribution is -0.116. The molecule has 0 spiro atoms. The molecule has 2 rings (SSSR count). The summed E-state index contributed by atoms with van der Waals surface area (Å²) in [6, 6.07) is 7.02. The predicted octanol–water partition coefficient (Wildman–Crippen LogP) is 2.05. The van der Waals surface area contributed by atoms with Crippen LogP contribution in [-0.2, 0) is 4.79 Å². The number of likely N-dealkylation sites (N-methyl/N-ethyl adjacent to an activating group) is 1. The molecule has 0 fully saturated rings. The van der Waals surface area contributed by atoms with Gasteiger partial charge in [-0.15, -0.1) is 0 Å². The van der Waals surface area contributed by atoms with Crippen molar-refractivity contribution in [3.63, 3.8) is 0 Å². The molecule has 0 radical (unpaired) electrons. The molecule has 2 aromatic rings. The topological polar surface area (TPSA) is 65.2 Å². The third-order valence-electron chi connectivity index (χ3n) is 2.58. The molecule has 0 aliphatic heterocycles. The van der Waals surface area contributed by atoms with E-state index in [1.165, 1.54) is 0 Å². The maximum Gasteiger partial charge on any atom is 0.268 e. The molecule has 5 nitrogen and oxygen atoms in total. The molecule has 0 bridgehead atoms. The van der Waals surface area contributed by atoms with E-state index in [1.54, 1.807) is 29.2 Å². The maximum atomic E-state index is 11.6. The molecule has 1 heterocycles. The van der Waals surface area contributed by atoms with Gasteiger partial charge in [0.25, 0.3) is 5.24 Å². The van der Waals surface area contributed by atoms with Gasteiger partial charge in [-0.25, -0.2) is 0 Å². The molecule has 6 heteroatoms. The summed E-state index contributed by atoms with van der Waals surface area (Å²) in [7, 11) is 3.65. The van der Waals surface area contributed by atoms with Crippen LogP contribution < -0.4 is 5.32 Å². The van der Waals surface area contributed by atoms with E-state index in [0.29, 0.717) is 17.9 Å². The number of aromatic amines is 1. The molecule has 0 saturated carbocycles. The highest BCUT2D eigenvalue weighted by Crippen LogP contribution is 2.21. The van der Waals surface area contributed by atoms with Crippen molar-refractivity contribution in [2.24, 2.45) is 0 Å². The Kier molecular flexibility index (Phi) is 3.87. The van der Waals surface area contributed by atoms with Crippen LogP contribution in [0.2, 0.25) is 0 Å². The molecule has 0 aliphatic rings. The predicted molar refractivity (Wildman–Crippen MR) is 75.7 cm³/mol. The van der Waals surface area contributed by atoms with Crippen molar-refractivity contribution in [3.05, 3.63) is 30.0 Å². The van der Waals surface area contributed by atoms with Crippen LogP contribution >= 0.6 is 11.6 Å². The molecule has 0 atom stereocenters. The number of carbonyl (C=O) groups is 2. The minimum atomic E-state index is -0.533. The van der Waals surface area contributed by atoms with Crippen LogP contribution in [0.15, 0.2) is 24.3 Å². The molecule has 0 unspecified atom stereocenters. The first-order valence-electron chi connectivity index (χ1n) is 5.73. The van der Waals surface area contributed by atoms with Crippen molar-refractivity contribution in [3.8, 4) is 0 Å². The Balaban J connectivity index is 2.21. The van der Waals surface area contributed by atoms with Gasteiger partial charge in [0.1, 0.15) is 0 Å². The number of carbonyl (C=O) groups excluding carboxylic acids is 2. The van der Waals surface area contributed by atoms with Gasteiger partial charge in [-0.2, -0.15) is 0 Å². The highest BCUT2D eigenvalue weighted by Gasteiger charge is 2.08. The van der Waals surface area contributed by atoms with Crippen LogP contribution in [0.4, 0.5) is 5.69 Å². The summed E-state index contributed by atoms with van der Waals surface area (Å²) in [5.74, 6) is -0.0893. The van der Waals surface area contributed by atoms with Crippen LogP contribution in [0.3, 0.4) is 0 Å². The lowest BCUT2D eigenvalue weighted by Crippen LogP contribution is -2.27. The number of anilines is 1. The van der Waals surface area contributed by atoms with E-state index < -0.39 is 5.24 Å². The molecule has 2 N–H and O–H groups in total. The first kappa shape index (κ1) is 13.6. The summed E-state index contributed by atoms with van der Waals surface area (Å²) in [6.45, 7) is 0.316. The highest BCUT2D eigenvalue weighted by atomic mass is 35.5. The second-order valence-electron chi connectivity index (χ2n) is 4.54. The number of aromatic nitrogens is 1. The Bertz CT molecular complexity index is 634. The summed E-state index contributed by atoms with van der Waals surface area (Å²) >= 11 is 5.41. The smallest absolute Gasteiger partial charge is 0.268 e. The highest BCUT2D eigenvalue weighted by molar-refractivity contribution is 6.67. The van der Waals surface area contributed by atoms with Gasteiger partial charge in [-0.05, 0) is 50.0 Å². The molecule has 1 aromatic heterocycles. The molecule has 0 aliphatic carbocycles. The van der Waals surface area contributed by atoms with E-state index in [1.807, 2.05) is 14.1 Å². The lowest BCUT2D eigenvalue weighted by atomic mass is 10.2. The van der Waals surface area contributed by atoms with Crippen LogP contribution in [0.5, 0.6) is 0 Å². The van der Waals surface area contributed by atoms with Gasteiger partial charge < -0.3 is 15.2 Å². The van der Waals surface area contributed by atoms with Gasteiger partial charge in [0, 0.05) is 16.6 Å². The van der Waals surface area contributed by atoms with Crippen molar-refractivity contribution in [2.75, 3.05) is 26.0 Å². The number of fused-ring (bicyclic) bond motifs is 1. The van der Waals surface area contributed by atoms with E-state index >= 15 is 0 Å². The molecule has 1 amide bonds. The van der Waals surface area contributed by atoms with Gasteiger partial charge in [-0.3, -0.25) is 9.59 Å². The van der Waals surface area contributed by atoms with Gasteiger partial charge in [0.05, 0.1) is 12.2 Å². The van der Waals surface area contributed by atoms with E-state index in [0.717, 1.165) is 10.9 Å². The fourth-order valence-corrected chi connectivity index (χ4v) is 1.91. The van der Waals surface area contributed by atoms with E-state index in [2.05, 4.69) is 10.3 Å². The van der Waals surface area contributed by atoms with Crippen LogP contribution in [0.25, 0.3) is 10.9 Å². The SMILES string of the molecule is CN(C)CC(=O)Nc1ccc2[nH]c(C(=O)Cl)cc2c1. The number of amides is 1. The molecular formula is C13H14ClN3O2. The normalized spacial score (nSPS) is 10.9. The van der Waals surface area contributed by atoms with E-state index in [9.17, 15) is 9.59 Å². The number of nitrogens with one attached hydrogen (secondary N) is 2. The third-order valence-corrected chi connectivity index (χ3v) is 2.78. The third kappa shape index (κ3) is 3.33. The Hall–Kier alpha value is -1.85. The van der Waals surface area contributed by atoms with Crippen molar-refractivity contribution in [2.45, 2.75) is 0 Å². The molecule has 1 aromatic carbocycles. The molecular weight excluding hydrogens is 266 g/mol. The lowest BCUT2D eigenvalue weighted by Gasteiger charge is -2.10. The zero-order valence-corrected chi connectivity index (χ0v) is 11.4. The van der Waals surface area contributed by atoms with Gasteiger partial charge >= 0.3 is 0 Å². The summed E-state index contributed by atoms with van der Waals surface area (Å²) in [6.07, 6.45) is 0. The first-order chi connectivity index (χ1) is 8.95. The maximum absolute atomic E-state index is 11.6. The van der Waals surface area contributed by atoms with Crippen molar-refractivity contribution < 1.29 is 9.59 Å². The van der Waals surface area contributed by atoms with Gasteiger partial charge in [0.2, 0.25) is 5.91 Å². The second-order valence-corrected chi connectivity index (χ2v) is 4.89. The minimum Gasteiger partial charge on any atom is -0.351 e. The summed E-state index contributed by atoms with van der Waals surface area (Å²) in [5.41, 5.74) is 1.83. The van der Waals surface area contributed by atoms with Crippen molar-refractivity contribution in [1.82, 2.24) is 9.88 Å². The van der Waals surface area contributed by atoms with Crippen LogP contribution in [0.1, 0.15) is 10.5 Å². The van der Waals surface area contributed by atoms with Crippen LogP contribution in [0, 0.1) is 0 Å². The van der Waals surface area contributed by atoms with E-state index in [-0.39, 0.29) is 5.91 Å². The average molecular weight is 280 g/mol. The number of benzene rings is 1. The second kappa shape index (κ2) is 5.42. The fourth-order valence-electron chi connectivity index (χ4n) is 1.80. The Labute approximate surface area is 115 Å². The average Bonchev–Trinajstić information content (AvgIpc) is 2.70. The number of halogens is 1. The first-order valence-corrected chi connectivity index (χ1v) is 6.10. The largest absolute Gasteiger partial charge is 0.351 e. The van der Waals surface area contributed by atoms with Crippen molar-refractivity contribution in [1.29, 1.82) is 0 Å². The van der Waals surface area contributed by atoms with Gasteiger partial charge in [0.15, 0.2) is 0 Å². The Morgan fingerprint density at radius 1 is 1.32 bits per heavy atom. The minimum absolute atomic E-state index is 0.0893. The standard InChI is InChI=1S/C13H14ClN3O2/c1-17(2)7-12(18)15-9-3-4-10-8(5-9)6-11(16-10)13(14)19/h3-6,16H,7H2,1-2H3,(H,15,18). The quantitative estimate of drug-likeness (QED) is 0.842. The summed E-state index contributed by atoms with van der Waals surface area (Å²) < 4.78 is 0. The summed E-state index contributed by atoms with van der Waals surface area (Å²) in [5, 5.41) is 3.08. The summed E-state index contributed by atoms with van der Waals surface area (Å²) in [4.78, 5) is 27.4. The molecule has 0 saturated heterocycles. The van der Waals surface area contributed by atoms with Crippen LogP contribution in [-0.4, -0.2) is 41.7 Å². The molecule has 100 valence electrons. The Morgan fingerprint density at radius 2 is 2.05 bits per heavy atom. The van der Waals surface area contributed by atoms with Crippen molar-refractivity contribution >= 4 is 39.3 Å². The number of hydrogen-bond donors (Lipinski definition) is 2. The number of nitrogens with zero attached hydrogens (tertiary/aromatic N) is 1.